The Kier molecular flexibility index (Phi) is 2.48. The van der Waals surface area contributed by atoms with E-state index in [1.165, 1.54) is 18.5 Å². The van der Waals surface area contributed by atoms with Crippen molar-refractivity contribution in [3.63, 3.8) is 0 Å². The van der Waals surface area contributed by atoms with E-state index in [4.69, 9.17) is 0 Å². The van der Waals surface area contributed by atoms with Crippen LogP contribution in [0.3, 0.4) is 0 Å². The molecule has 0 unspecified atom stereocenters. The molecule has 1 atom stereocenters. The van der Waals surface area contributed by atoms with Crippen LogP contribution in [-0.2, 0) is 0 Å². The van der Waals surface area contributed by atoms with Crippen molar-refractivity contribution in [1.82, 2.24) is 9.78 Å². The van der Waals surface area contributed by atoms with E-state index in [0.717, 1.165) is 11.3 Å². The fourth-order valence-electron chi connectivity index (χ4n) is 1.98. The lowest BCUT2D eigenvalue weighted by Gasteiger charge is -2.06. The molecule has 88 valence electrons. The van der Waals surface area contributed by atoms with E-state index in [1.54, 1.807) is 6.92 Å². The van der Waals surface area contributed by atoms with Crippen molar-refractivity contribution < 1.29 is 5.11 Å². The third-order valence-corrected chi connectivity index (χ3v) is 3.25. The fourth-order valence-corrected chi connectivity index (χ4v) is 1.98. The van der Waals surface area contributed by atoms with E-state index in [2.05, 4.69) is 11.2 Å². The lowest BCUT2D eigenvalue weighted by molar-refractivity contribution is 0.199. The van der Waals surface area contributed by atoms with Gasteiger partial charge in [-0.3, -0.25) is 0 Å². The smallest absolute Gasteiger partial charge is 0.0761 e. The van der Waals surface area contributed by atoms with E-state index >= 15 is 0 Å². The van der Waals surface area contributed by atoms with Crippen LogP contribution >= 0.6 is 0 Å². The zero-order valence-electron chi connectivity index (χ0n) is 9.87. The van der Waals surface area contributed by atoms with Crippen LogP contribution in [0.15, 0.2) is 36.5 Å². The molecule has 1 heterocycles. The summed E-state index contributed by atoms with van der Waals surface area (Å²) in [4.78, 5) is 0. The molecule has 1 aromatic carbocycles. The summed E-state index contributed by atoms with van der Waals surface area (Å²) in [6.45, 7) is 1.77. The number of aliphatic hydroxyl groups excluding tert-OH is 1. The molecule has 1 fully saturated rings. The van der Waals surface area contributed by atoms with Crippen LogP contribution < -0.4 is 0 Å². The van der Waals surface area contributed by atoms with Crippen LogP contribution in [0, 0.1) is 0 Å². The van der Waals surface area contributed by atoms with Crippen LogP contribution in [0.2, 0.25) is 0 Å². The van der Waals surface area contributed by atoms with Gasteiger partial charge in [-0.15, -0.1) is 0 Å². The molecule has 0 spiro atoms. The summed E-state index contributed by atoms with van der Waals surface area (Å²) >= 11 is 0. The lowest BCUT2D eigenvalue weighted by Crippen LogP contribution is -1.97. The van der Waals surface area contributed by atoms with Gasteiger partial charge in [-0.25, -0.2) is 4.68 Å². The van der Waals surface area contributed by atoms with Gasteiger partial charge in [0.15, 0.2) is 0 Å². The van der Waals surface area contributed by atoms with Crippen molar-refractivity contribution in [3.05, 3.63) is 47.8 Å². The van der Waals surface area contributed by atoms with Crippen LogP contribution in [0.1, 0.15) is 43.0 Å². The molecule has 3 nitrogen and oxygen atoms in total. The van der Waals surface area contributed by atoms with Gasteiger partial charge in [0.2, 0.25) is 0 Å². The van der Waals surface area contributed by atoms with E-state index in [9.17, 15) is 5.11 Å². The Hall–Kier alpha value is -1.61. The Labute approximate surface area is 101 Å². The zero-order valence-corrected chi connectivity index (χ0v) is 9.87. The SMILES string of the molecule is C[C@H](O)c1ccc(-n2ccc(C3CC3)n2)cc1. The molecule has 17 heavy (non-hydrogen) atoms. The molecule has 0 radical (unpaired) electrons. The highest BCUT2D eigenvalue weighted by molar-refractivity contribution is 5.35. The van der Waals surface area contributed by atoms with Crippen LogP contribution in [0.4, 0.5) is 0 Å². The highest BCUT2D eigenvalue weighted by Gasteiger charge is 2.25. The topological polar surface area (TPSA) is 38.0 Å². The zero-order chi connectivity index (χ0) is 11.8. The summed E-state index contributed by atoms with van der Waals surface area (Å²) in [6, 6.07) is 9.97. The van der Waals surface area contributed by atoms with Gasteiger partial charge in [-0.1, -0.05) is 12.1 Å². The molecule has 1 saturated carbocycles. The van der Waals surface area contributed by atoms with Gasteiger partial charge in [0, 0.05) is 12.1 Å². The first-order chi connectivity index (χ1) is 8.24. The molecule has 1 aliphatic rings. The second-order valence-corrected chi connectivity index (χ2v) is 4.73. The second kappa shape index (κ2) is 4.00. The van der Waals surface area contributed by atoms with Crippen molar-refractivity contribution in [1.29, 1.82) is 0 Å². The number of aliphatic hydroxyl groups is 1. The highest BCUT2D eigenvalue weighted by Crippen LogP contribution is 2.39. The van der Waals surface area contributed by atoms with Gasteiger partial charge in [0.1, 0.15) is 0 Å². The van der Waals surface area contributed by atoms with Crippen LogP contribution in [-0.4, -0.2) is 14.9 Å². The molecular weight excluding hydrogens is 212 g/mol. The lowest BCUT2D eigenvalue weighted by atomic mass is 10.1. The number of nitrogens with zero attached hydrogens (tertiary/aromatic N) is 2. The number of aromatic nitrogens is 2. The fraction of sp³-hybridized carbons (Fsp3) is 0.357. The van der Waals surface area contributed by atoms with E-state index < -0.39 is 6.10 Å². The minimum Gasteiger partial charge on any atom is -0.389 e. The van der Waals surface area contributed by atoms with Gasteiger partial charge in [-0.2, -0.15) is 5.10 Å². The van der Waals surface area contributed by atoms with Crippen molar-refractivity contribution >= 4 is 0 Å². The summed E-state index contributed by atoms with van der Waals surface area (Å²) in [5, 5.41) is 14.0. The Morgan fingerprint density at radius 1 is 1.24 bits per heavy atom. The average Bonchev–Trinajstić information content (AvgIpc) is 3.07. The van der Waals surface area contributed by atoms with Crippen molar-refractivity contribution in [2.24, 2.45) is 0 Å². The molecule has 1 aromatic heterocycles. The Morgan fingerprint density at radius 3 is 2.53 bits per heavy atom. The largest absolute Gasteiger partial charge is 0.389 e. The molecule has 0 aliphatic heterocycles. The Morgan fingerprint density at radius 2 is 1.94 bits per heavy atom. The highest BCUT2D eigenvalue weighted by atomic mass is 16.3. The first-order valence-corrected chi connectivity index (χ1v) is 6.08. The predicted octanol–water partition coefficient (Wildman–Crippen LogP) is 2.80. The summed E-state index contributed by atoms with van der Waals surface area (Å²) in [5.41, 5.74) is 3.18. The summed E-state index contributed by atoms with van der Waals surface area (Å²) in [7, 11) is 0. The van der Waals surface area contributed by atoms with E-state index in [-0.39, 0.29) is 0 Å². The molecule has 2 aromatic rings. The van der Waals surface area contributed by atoms with Crippen LogP contribution in [0.5, 0.6) is 0 Å². The summed E-state index contributed by atoms with van der Waals surface area (Å²) in [6.07, 6.45) is 4.14. The quantitative estimate of drug-likeness (QED) is 0.877. The minimum atomic E-state index is -0.413. The molecular formula is C14H16N2O. The maximum absolute atomic E-state index is 9.45. The van der Waals surface area contributed by atoms with Gasteiger partial charge >= 0.3 is 0 Å². The maximum atomic E-state index is 9.45. The maximum Gasteiger partial charge on any atom is 0.0761 e. The van der Waals surface area contributed by atoms with E-state index in [0.29, 0.717) is 5.92 Å². The van der Waals surface area contributed by atoms with Gasteiger partial charge in [-0.05, 0) is 43.5 Å². The molecule has 0 saturated heterocycles. The average molecular weight is 228 g/mol. The molecule has 3 rings (SSSR count). The third-order valence-electron chi connectivity index (χ3n) is 3.25. The number of hydrogen-bond donors (Lipinski definition) is 1. The predicted molar refractivity (Wildman–Crippen MR) is 66.2 cm³/mol. The van der Waals surface area contributed by atoms with Gasteiger partial charge < -0.3 is 5.11 Å². The third kappa shape index (κ3) is 2.11. The monoisotopic (exact) mass is 228 g/mol. The van der Waals surface area contributed by atoms with Crippen molar-refractivity contribution in [3.8, 4) is 5.69 Å². The Bertz CT molecular complexity index is 509. The summed E-state index contributed by atoms with van der Waals surface area (Å²) < 4.78 is 1.90. The van der Waals surface area contributed by atoms with Crippen molar-refractivity contribution in [2.75, 3.05) is 0 Å². The van der Waals surface area contributed by atoms with Crippen molar-refractivity contribution in [2.45, 2.75) is 31.8 Å². The number of hydrogen-bond acceptors (Lipinski definition) is 2. The molecule has 1 N–H and O–H groups in total. The normalized spacial score (nSPS) is 17.1. The first-order valence-electron chi connectivity index (χ1n) is 6.08. The van der Waals surface area contributed by atoms with Gasteiger partial charge in [0.05, 0.1) is 17.5 Å². The van der Waals surface area contributed by atoms with Crippen LogP contribution in [0.25, 0.3) is 5.69 Å². The molecule has 3 heteroatoms. The molecule has 0 bridgehead atoms. The first kappa shape index (κ1) is 10.5. The molecule has 1 aliphatic carbocycles. The van der Waals surface area contributed by atoms with E-state index in [1.807, 2.05) is 35.1 Å². The summed E-state index contributed by atoms with van der Waals surface area (Å²) in [5.74, 6) is 0.688. The number of benzene rings is 1. The standard InChI is InChI=1S/C14H16N2O/c1-10(17)11-4-6-13(7-5-11)16-9-8-14(15-16)12-2-3-12/h4-10,12,17H,2-3H2,1H3/t10-/m0/s1. The number of rotatable bonds is 3. The van der Waals surface area contributed by atoms with Gasteiger partial charge in [0.25, 0.3) is 0 Å². The Balaban J connectivity index is 1.86. The molecule has 0 amide bonds. The second-order valence-electron chi connectivity index (χ2n) is 4.73. The minimum absolute atomic E-state index is 0.413.